The molecule has 1 heterocycles. The minimum Gasteiger partial charge on any atom is -0.457 e. The van der Waals surface area contributed by atoms with Crippen molar-refractivity contribution < 1.29 is 28.7 Å². The molecule has 2 amide bonds. The lowest BCUT2D eigenvalue weighted by atomic mass is 9.86. The van der Waals surface area contributed by atoms with E-state index in [-0.39, 0.29) is 31.9 Å². The third kappa shape index (κ3) is 6.77. The van der Waals surface area contributed by atoms with Gasteiger partial charge in [-0.05, 0) is 11.8 Å². The standard InChI is InChI=1S/C15H24N2O6S/c1-4-11(19)23-12-13(20)17-6-5-10(18)16-7-8-24-14(21)22-9-15(12,2)3/h12H,4-9H2,1-3H3,(H,16,18)(H,17,20)/t12-/m0/s1. The number of amides is 2. The average molecular weight is 360 g/mol. The minimum atomic E-state index is -1.12. The number of rotatable bonds is 2. The van der Waals surface area contributed by atoms with Crippen LogP contribution in [-0.2, 0) is 23.9 Å². The van der Waals surface area contributed by atoms with E-state index in [0.29, 0.717) is 12.3 Å². The van der Waals surface area contributed by atoms with Crippen LogP contribution in [0.5, 0.6) is 0 Å². The normalized spacial score (nSPS) is 23.3. The van der Waals surface area contributed by atoms with Crippen LogP contribution >= 0.6 is 11.8 Å². The van der Waals surface area contributed by atoms with Crippen molar-refractivity contribution in [3.8, 4) is 0 Å². The molecule has 1 aliphatic heterocycles. The first kappa shape index (κ1) is 20.3. The number of carbonyl (C=O) groups is 4. The zero-order valence-corrected chi connectivity index (χ0v) is 15.0. The molecule has 1 saturated heterocycles. The van der Waals surface area contributed by atoms with E-state index in [1.807, 2.05) is 0 Å². The first-order valence-electron chi connectivity index (χ1n) is 7.79. The Morgan fingerprint density at radius 3 is 2.67 bits per heavy atom. The van der Waals surface area contributed by atoms with Gasteiger partial charge in [0.15, 0.2) is 6.10 Å². The van der Waals surface area contributed by atoms with Gasteiger partial charge in [0.25, 0.3) is 5.91 Å². The molecule has 0 bridgehead atoms. The predicted octanol–water partition coefficient (Wildman–Crippen LogP) is 0.840. The lowest BCUT2D eigenvalue weighted by molar-refractivity contribution is -0.164. The number of carbonyl (C=O) groups excluding carboxylic acids is 4. The number of hydrogen-bond donors (Lipinski definition) is 2. The van der Waals surface area contributed by atoms with Crippen LogP contribution < -0.4 is 10.6 Å². The summed E-state index contributed by atoms with van der Waals surface area (Å²) in [4.78, 5) is 47.3. The van der Waals surface area contributed by atoms with E-state index in [4.69, 9.17) is 9.47 Å². The molecule has 1 fully saturated rings. The molecule has 0 aliphatic carbocycles. The third-order valence-electron chi connectivity index (χ3n) is 3.34. The van der Waals surface area contributed by atoms with Crippen molar-refractivity contribution in [2.45, 2.75) is 39.7 Å². The molecule has 0 aromatic heterocycles. The maximum Gasteiger partial charge on any atom is 0.367 e. The maximum atomic E-state index is 12.4. The molecule has 1 aliphatic rings. The summed E-state index contributed by atoms with van der Waals surface area (Å²) in [6.07, 6.45) is -0.887. The summed E-state index contributed by atoms with van der Waals surface area (Å²) in [7, 11) is 0. The summed E-state index contributed by atoms with van der Waals surface area (Å²) < 4.78 is 10.4. The van der Waals surface area contributed by atoms with Crippen molar-refractivity contribution in [2.75, 3.05) is 25.4 Å². The summed E-state index contributed by atoms with van der Waals surface area (Å²) in [5.74, 6) is -0.883. The van der Waals surface area contributed by atoms with Gasteiger partial charge in [-0.2, -0.15) is 0 Å². The van der Waals surface area contributed by atoms with E-state index < -0.39 is 28.7 Å². The fraction of sp³-hybridized carbons (Fsp3) is 0.733. The predicted molar refractivity (Wildman–Crippen MR) is 88.4 cm³/mol. The van der Waals surface area contributed by atoms with Gasteiger partial charge in [-0.25, -0.2) is 4.79 Å². The van der Waals surface area contributed by atoms with E-state index in [9.17, 15) is 19.2 Å². The minimum absolute atomic E-state index is 0.0692. The highest BCUT2D eigenvalue weighted by atomic mass is 32.2. The van der Waals surface area contributed by atoms with Gasteiger partial charge in [-0.15, -0.1) is 0 Å². The van der Waals surface area contributed by atoms with Gasteiger partial charge >= 0.3 is 11.3 Å². The lowest BCUT2D eigenvalue weighted by Gasteiger charge is -2.32. The molecule has 1 atom stereocenters. The summed E-state index contributed by atoms with van der Waals surface area (Å²) in [5.41, 5.74) is -0.905. The van der Waals surface area contributed by atoms with Crippen LogP contribution in [-0.4, -0.2) is 54.6 Å². The second-order valence-corrected chi connectivity index (χ2v) is 7.02. The van der Waals surface area contributed by atoms with Gasteiger partial charge in [-0.3, -0.25) is 14.4 Å². The molecular formula is C15H24N2O6S. The molecule has 0 aromatic rings. The fourth-order valence-corrected chi connectivity index (χ4v) is 2.46. The van der Waals surface area contributed by atoms with Gasteiger partial charge < -0.3 is 20.1 Å². The van der Waals surface area contributed by atoms with E-state index >= 15 is 0 Å². The Kier molecular flexibility index (Phi) is 8.03. The average Bonchev–Trinajstić information content (AvgIpc) is 2.53. The molecule has 0 unspecified atom stereocenters. The second-order valence-electron chi connectivity index (χ2n) is 5.99. The summed E-state index contributed by atoms with van der Waals surface area (Å²) >= 11 is 0.942. The van der Waals surface area contributed by atoms with Gasteiger partial charge in [0, 0.05) is 37.1 Å². The van der Waals surface area contributed by atoms with Crippen molar-refractivity contribution in [1.82, 2.24) is 10.6 Å². The van der Waals surface area contributed by atoms with Crippen LogP contribution in [0, 0.1) is 5.41 Å². The molecule has 0 spiro atoms. The highest BCUT2D eigenvalue weighted by Crippen LogP contribution is 2.26. The lowest BCUT2D eigenvalue weighted by Crippen LogP contribution is -2.49. The van der Waals surface area contributed by atoms with E-state index in [2.05, 4.69) is 10.6 Å². The molecule has 2 N–H and O–H groups in total. The second kappa shape index (κ2) is 9.51. The van der Waals surface area contributed by atoms with Crippen molar-refractivity contribution in [3.05, 3.63) is 0 Å². The number of hydrogen-bond acceptors (Lipinski definition) is 7. The van der Waals surface area contributed by atoms with Gasteiger partial charge in [-0.1, -0.05) is 20.8 Å². The SMILES string of the molecule is CCC(=O)O[C@H]1C(=O)NCCC(=O)NCCSC(=O)OCC1(C)C. The topological polar surface area (TPSA) is 111 Å². The largest absolute Gasteiger partial charge is 0.457 e. The van der Waals surface area contributed by atoms with E-state index in [0.717, 1.165) is 11.8 Å². The molecule has 9 heteroatoms. The highest BCUT2D eigenvalue weighted by molar-refractivity contribution is 8.13. The monoisotopic (exact) mass is 360 g/mol. The van der Waals surface area contributed by atoms with Crippen molar-refractivity contribution in [2.24, 2.45) is 5.41 Å². The zero-order chi connectivity index (χ0) is 18.2. The van der Waals surface area contributed by atoms with Crippen molar-refractivity contribution >= 4 is 34.8 Å². The first-order valence-corrected chi connectivity index (χ1v) is 8.78. The van der Waals surface area contributed by atoms with E-state index in [1.165, 1.54) is 0 Å². The number of ether oxygens (including phenoxy) is 2. The summed E-state index contributed by atoms with van der Waals surface area (Å²) in [6, 6.07) is 0. The van der Waals surface area contributed by atoms with Crippen molar-refractivity contribution in [1.29, 1.82) is 0 Å². The molecule has 0 radical (unpaired) electrons. The Labute approximate surface area is 145 Å². The summed E-state index contributed by atoms with van der Waals surface area (Å²) in [6.45, 7) is 5.38. The Morgan fingerprint density at radius 2 is 2.00 bits per heavy atom. The van der Waals surface area contributed by atoms with Gasteiger partial charge in [0.05, 0.1) is 0 Å². The molecule has 0 saturated carbocycles. The number of esters is 1. The Hall–Kier alpha value is -1.77. The van der Waals surface area contributed by atoms with Crippen LogP contribution in [0.1, 0.15) is 33.6 Å². The Morgan fingerprint density at radius 1 is 1.29 bits per heavy atom. The fourth-order valence-electron chi connectivity index (χ4n) is 1.95. The van der Waals surface area contributed by atoms with Gasteiger partial charge in [0.2, 0.25) is 5.91 Å². The number of nitrogens with one attached hydrogen (secondary N) is 2. The number of cyclic esters (lactones) is 1. The first-order chi connectivity index (χ1) is 11.3. The van der Waals surface area contributed by atoms with E-state index in [1.54, 1.807) is 20.8 Å². The highest BCUT2D eigenvalue weighted by Gasteiger charge is 2.39. The van der Waals surface area contributed by atoms with Crippen LogP contribution in [0.4, 0.5) is 4.79 Å². The maximum absolute atomic E-state index is 12.4. The van der Waals surface area contributed by atoms with Crippen LogP contribution in [0.15, 0.2) is 0 Å². The Balaban J connectivity index is 2.89. The molecular weight excluding hydrogens is 336 g/mol. The smallest absolute Gasteiger partial charge is 0.367 e. The number of thioether (sulfide) groups is 1. The van der Waals surface area contributed by atoms with Gasteiger partial charge in [0.1, 0.15) is 6.61 Å². The zero-order valence-electron chi connectivity index (χ0n) is 14.2. The Bertz CT molecular complexity index is 494. The van der Waals surface area contributed by atoms with Crippen LogP contribution in [0.25, 0.3) is 0 Å². The third-order valence-corrected chi connectivity index (χ3v) is 4.11. The molecule has 24 heavy (non-hydrogen) atoms. The van der Waals surface area contributed by atoms with Crippen LogP contribution in [0.2, 0.25) is 0 Å². The molecule has 1 rings (SSSR count). The molecule has 0 aromatic carbocycles. The summed E-state index contributed by atoms with van der Waals surface area (Å²) in [5, 5.41) is 4.72. The molecule has 136 valence electrons. The quantitative estimate of drug-likeness (QED) is 0.702. The van der Waals surface area contributed by atoms with Crippen LogP contribution in [0.3, 0.4) is 0 Å². The van der Waals surface area contributed by atoms with Crippen molar-refractivity contribution in [3.63, 3.8) is 0 Å². The molecule has 8 nitrogen and oxygen atoms in total.